The van der Waals surface area contributed by atoms with Crippen molar-refractivity contribution in [3.8, 4) is 11.3 Å². The second kappa shape index (κ2) is 6.64. The summed E-state index contributed by atoms with van der Waals surface area (Å²) in [6.45, 7) is 4.29. The monoisotopic (exact) mass is 339 g/mol. The Kier molecular flexibility index (Phi) is 5.13. The van der Waals surface area contributed by atoms with E-state index in [2.05, 4.69) is 41.9 Å². The summed E-state index contributed by atoms with van der Waals surface area (Å²) in [6.07, 6.45) is 2.24. The molecule has 1 aromatic carbocycles. The molecule has 0 bridgehead atoms. The molecule has 1 unspecified atom stereocenters. The molecule has 0 fully saturated rings. The fraction of sp³-hybridized carbons (Fsp3) is 0.400. The van der Waals surface area contributed by atoms with E-state index in [1.807, 2.05) is 12.1 Å². The van der Waals surface area contributed by atoms with Crippen molar-refractivity contribution in [2.24, 2.45) is 0 Å². The van der Waals surface area contributed by atoms with Gasteiger partial charge < -0.3 is 4.74 Å². The predicted molar refractivity (Wildman–Crippen MR) is 84.6 cm³/mol. The second-order valence-corrected chi connectivity index (χ2v) is 6.63. The molecule has 0 aliphatic rings. The van der Waals surface area contributed by atoms with Gasteiger partial charge in [0, 0.05) is 22.0 Å². The highest BCUT2D eigenvalue weighted by atomic mass is 79.9. The second-order valence-electron chi connectivity index (χ2n) is 4.48. The van der Waals surface area contributed by atoms with Gasteiger partial charge in [-0.1, -0.05) is 41.4 Å². The standard InChI is InChI=1S/C15H18BrNOS/c1-4-6-13(18-3)15-17-14(10(2)19-15)11-7-5-8-12(16)9-11/h5,7-9,13H,4,6H2,1-3H3. The van der Waals surface area contributed by atoms with Gasteiger partial charge >= 0.3 is 0 Å². The van der Waals surface area contributed by atoms with Gasteiger partial charge in [-0.05, 0) is 25.5 Å². The van der Waals surface area contributed by atoms with Gasteiger partial charge in [0.15, 0.2) is 0 Å². The maximum Gasteiger partial charge on any atom is 0.122 e. The maximum atomic E-state index is 5.54. The lowest BCUT2D eigenvalue weighted by atomic mass is 10.1. The molecule has 102 valence electrons. The summed E-state index contributed by atoms with van der Waals surface area (Å²) in [6, 6.07) is 8.27. The van der Waals surface area contributed by atoms with Crippen LogP contribution in [-0.2, 0) is 4.74 Å². The molecule has 1 heterocycles. The zero-order valence-electron chi connectivity index (χ0n) is 11.4. The average molecular weight is 340 g/mol. The molecule has 4 heteroatoms. The fourth-order valence-corrected chi connectivity index (χ4v) is 3.52. The fourth-order valence-electron chi connectivity index (χ4n) is 2.06. The Balaban J connectivity index is 2.35. The quantitative estimate of drug-likeness (QED) is 0.730. The SMILES string of the molecule is CCCC(OC)c1nc(-c2cccc(Br)c2)c(C)s1. The van der Waals surface area contributed by atoms with Crippen LogP contribution < -0.4 is 0 Å². The molecule has 0 amide bonds. The lowest BCUT2D eigenvalue weighted by Crippen LogP contribution is -2.00. The Hall–Kier alpha value is -0.710. The highest BCUT2D eigenvalue weighted by molar-refractivity contribution is 9.10. The van der Waals surface area contributed by atoms with Gasteiger partial charge in [-0.15, -0.1) is 11.3 Å². The number of methoxy groups -OCH3 is 1. The predicted octanol–water partition coefficient (Wildman–Crippen LogP) is 5.37. The first-order valence-corrected chi connectivity index (χ1v) is 8.02. The number of hydrogen-bond donors (Lipinski definition) is 0. The number of halogens is 1. The van der Waals surface area contributed by atoms with Gasteiger partial charge in [0.1, 0.15) is 11.1 Å². The zero-order chi connectivity index (χ0) is 13.8. The van der Waals surface area contributed by atoms with Gasteiger partial charge in [-0.2, -0.15) is 0 Å². The van der Waals surface area contributed by atoms with E-state index in [9.17, 15) is 0 Å². The molecule has 2 nitrogen and oxygen atoms in total. The van der Waals surface area contributed by atoms with Crippen molar-refractivity contribution in [3.63, 3.8) is 0 Å². The lowest BCUT2D eigenvalue weighted by Gasteiger charge is -2.10. The van der Waals surface area contributed by atoms with Gasteiger partial charge in [-0.3, -0.25) is 0 Å². The number of thiazole rings is 1. The third-order valence-electron chi connectivity index (χ3n) is 3.02. The topological polar surface area (TPSA) is 22.1 Å². The van der Waals surface area contributed by atoms with E-state index < -0.39 is 0 Å². The minimum absolute atomic E-state index is 0.120. The maximum absolute atomic E-state index is 5.54. The minimum Gasteiger partial charge on any atom is -0.374 e. The van der Waals surface area contributed by atoms with E-state index in [1.54, 1.807) is 18.4 Å². The molecule has 2 rings (SSSR count). The van der Waals surface area contributed by atoms with Crippen molar-refractivity contribution in [2.45, 2.75) is 32.8 Å². The van der Waals surface area contributed by atoms with Gasteiger partial charge in [0.25, 0.3) is 0 Å². The van der Waals surface area contributed by atoms with Gasteiger partial charge in [0.2, 0.25) is 0 Å². The van der Waals surface area contributed by atoms with Crippen molar-refractivity contribution < 1.29 is 4.74 Å². The van der Waals surface area contributed by atoms with Crippen LogP contribution in [0.4, 0.5) is 0 Å². The molecule has 2 aromatic rings. The van der Waals surface area contributed by atoms with E-state index in [-0.39, 0.29) is 6.10 Å². The highest BCUT2D eigenvalue weighted by Crippen LogP contribution is 2.34. The Bertz CT molecular complexity index is 553. The number of rotatable bonds is 5. The van der Waals surface area contributed by atoms with E-state index >= 15 is 0 Å². The lowest BCUT2D eigenvalue weighted by molar-refractivity contribution is 0.0948. The number of hydrogen-bond acceptors (Lipinski definition) is 3. The number of benzene rings is 1. The van der Waals surface area contributed by atoms with Crippen molar-refractivity contribution in [1.29, 1.82) is 0 Å². The summed E-state index contributed by atoms with van der Waals surface area (Å²) in [7, 11) is 1.76. The molecule has 0 aliphatic carbocycles. The molecular weight excluding hydrogens is 322 g/mol. The van der Waals surface area contributed by atoms with E-state index in [4.69, 9.17) is 9.72 Å². The zero-order valence-corrected chi connectivity index (χ0v) is 13.8. The summed E-state index contributed by atoms with van der Waals surface area (Å²) in [5, 5.41) is 1.08. The molecule has 1 aromatic heterocycles. The normalized spacial score (nSPS) is 12.6. The van der Waals surface area contributed by atoms with Crippen LogP contribution in [0.5, 0.6) is 0 Å². The first-order chi connectivity index (χ1) is 9.15. The summed E-state index contributed by atoms with van der Waals surface area (Å²) >= 11 is 5.25. The van der Waals surface area contributed by atoms with E-state index in [0.717, 1.165) is 33.6 Å². The molecule has 0 radical (unpaired) electrons. The van der Waals surface area contributed by atoms with Crippen LogP contribution in [0.2, 0.25) is 0 Å². The van der Waals surface area contributed by atoms with Crippen molar-refractivity contribution in [2.75, 3.05) is 7.11 Å². The molecule has 0 saturated heterocycles. The van der Waals surface area contributed by atoms with Gasteiger partial charge in [-0.25, -0.2) is 4.98 Å². The molecule has 0 aliphatic heterocycles. The summed E-state index contributed by atoms with van der Waals surface area (Å²) in [4.78, 5) is 6.03. The first-order valence-electron chi connectivity index (χ1n) is 6.41. The summed E-state index contributed by atoms with van der Waals surface area (Å²) in [5.41, 5.74) is 2.22. The number of nitrogens with zero attached hydrogens (tertiary/aromatic N) is 1. The Labute approximate surface area is 127 Å². The van der Waals surface area contributed by atoms with Crippen LogP contribution in [-0.4, -0.2) is 12.1 Å². The average Bonchev–Trinajstić information content (AvgIpc) is 2.78. The number of aromatic nitrogens is 1. The number of aryl methyl sites for hydroxylation is 1. The first kappa shape index (κ1) is 14.7. The van der Waals surface area contributed by atoms with Crippen molar-refractivity contribution in [3.05, 3.63) is 38.6 Å². The molecule has 0 N–H and O–H groups in total. The Morgan fingerprint density at radius 3 is 2.84 bits per heavy atom. The summed E-state index contributed by atoms with van der Waals surface area (Å²) in [5.74, 6) is 0. The van der Waals surface area contributed by atoms with E-state index in [1.165, 1.54) is 4.88 Å². The van der Waals surface area contributed by atoms with Crippen LogP contribution in [0.25, 0.3) is 11.3 Å². The van der Waals surface area contributed by atoms with Crippen molar-refractivity contribution >= 4 is 27.3 Å². The molecule has 0 spiro atoms. The van der Waals surface area contributed by atoms with Crippen molar-refractivity contribution in [1.82, 2.24) is 4.98 Å². The third-order valence-corrected chi connectivity index (χ3v) is 4.58. The van der Waals surface area contributed by atoms with Crippen LogP contribution in [0.15, 0.2) is 28.7 Å². The molecule has 0 saturated carbocycles. The van der Waals surface area contributed by atoms with Crippen LogP contribution in [0, 0.1) is 6.92 Å². The largest absolute Gasteiger partial charge is 0.374 e. The molecule has 19 heavy (non-hydrogen) atoms. The third kappa shape index (κ3) is 3.44. The van der Waals surface area contributed by atoms with E-state index in [0.29, 0.717) is 0 Å². The Morgan fingerprint density at radius 2 is 2.21 bits per heavy atom. The molecule has 1 atom stereocenters. The van der Waals surface area contributed by atoms with Crippen LogP contribution in [0.3, 0.4) is 0 Å². The molecular formula is C15H18BrNOS. The van der Waals surface area contributed by atoms with Crippen LogP contribution >= 0.6 is 27.3 Å². The minimum atomic E-state index is 0.120. The smallest absolute Gasteiger partial charge is 0.122 e. The summed E-state index contributed by atoms with van der Waals surface area (Å²) < 4.78 is 6.62. The van der Waals surface area contributed by atoms with Gasteiger partial charge in [0.05, 0.1) is 5.69 Å². The number of ether oxygens (including phenoxy) is 1. The van der Waals surface area contributed by atoms with Crippen LogP contribution in [0.1, 0.15) is 35.8 Å². The highest BCUT2D eigenvalue weighted by Gasteiger charge is 2.17. The Morgan fingerprint density at radius 1 is 1.42 bits per heavy atom.